The molecule has 0 radical (unpaired) electrons. The first kappa shape index (κ1) is 24.7. The summed E-state index contributed by atoms with van der Waals surface area (Å²) in [5.41, 5.74) is 6.75. The van der Waals surface area contributed by atoms with E-state index < -0.39 is 27.9 Å². The van der Waals surface area contributed by atoms with Crippen molar-refractivity contribution in [2.45, 2.75) is 31.7 Å². The molecule has 3 rings (SSSR count). The largest absolute Gasteiger partial charge is 0.453 e. The van der Waals surface area contributed by atoms with Crippen molar-refractivity contribution in [2.75, 3.05) is 32.1 Å². The summed E-state index contributed by atoms with van der Waals surface area (Å²) in [5.74, 6) is -1.18. The van der Waals surface area contributed by atoms with Crippen LogP contribution < -0.4 is 11.1 Å². The van der Waals surface area contributed by atoms with Crippen LogP contribution in [0.1, 0.15) is 45.0 Å². The number of carbonyl (C=O) groups is 3. The maximum Gasteiger partial charge on any atom is 0.409 e. The summed E-state index contributed by atoms with van der Waals surface area (Å²) < 4.78 is 31.4. The summed E-state index contributed by atoms with van der Waals surface area (Å²) in [6.07, 6.45) is -0.0625. The van der Waals surface area contributed by atoms with Gasteiger partial charge in [0.25, 0.3) is 11.8 Å². The van der Waals surface area contributed by atoms with Gasteiger partial charge in [0.15, 0.2) is 0 Å². The van der Waals surface area contributed by atoms with E-state index in [9.17, 15) is 22.8 Å². The van der Waals surface area contributed by atoms with Crippen LogP contribution in [0.15, 0.2) is 29.2 Å². The lowest BCUT2D eigenvalue weighted by Gasteiger charge is -2.25. The third-order valence-electron chi connectivity index (χ3n) is 5.42. The number of anilines is 1. The molecule has 0 saturated heterocycles. The summed E-state index contributed by atoms with van der Waals surface area (Å²) in [6.45, 7) is 4.81. The summed E-state index contributed by atoms with van der Waals surface area (Å²) >= 11 is 1.18. The third-order valence-corrected chi connectivity index (χ3v) is 8.62. The van der Waals surface area contributed by atoms with Crippen LogP contribution in [0.5, 0.6) is 0 Å². The first-order chi connectivity index (χ1) is 15.6. The first-order valence-electron chi connectivity index (χ1n) is 10.3. The lowest BCUT2D eigenvalue weighted by Crippen LogP contribution is -2.35. The molecule has 1 aromatic heterocycles. The molecule has 1 aromatic carbocycles. The maximum absolute atomic E-state index is 12.8. The number of benzene rings is 1. The van der Waals surface area contributed by atoms with E-state index >= 15 is 0 Å². The molecule has 3 N–H and O–H groups in total. The van der Waals surface area contributed by atoms with Crippen molar-refractivity contribution in [1.29, 1.82) is 0 Å². The normalized spacial score (nSPS) is 13.5. The monoisotopic (exact) mass is 494 g/mol. The molecule has 0 bridgehead atoms. The Bertz CT molecular complexity index is 1170. The standard InChI is InChI=1S/C21H26N4O6S2/c1-4-25(5-2)33(29,30)14-8-6-13(7-9-14)19(27)23-20-17(18(22)26)15-10-11-24(21(28)31-3)12-16(15)32-20/h6-9H,4-5,10-12H2,1-3H3,(H2,22,26)(H,23,27). The maximum atomic E-state index is 12.8. The van der Waals surface area contributed by atoms with Crippen LogP contribution in [0.4, 0.5) is 9.80 Å². The fraction of sp³-hybridized carbons (Fsp3) is 0.381. The molecule has 12 heteroatoms. The predicted octanol–water partition coefficient (Wildman–Crippen LogP) is 2.25. The molecule has 0 aliphatic carbocycles. The van der Waals surface area contributed by atoms with Gasteiger partial charge in [-0.25, -0.2) is 13.2 Å². The molecule has 0 spiro atoms. The van der Waals surface area contributed by atoms with Gasteiger partial charge >= 0.3 is 6.09 Å². The van der Waals surface area contributed by atoms with Crippen LogP contribution in [0.25, 0.3) is 0 Å². The van der Waals surface area contributed by atoms with Crippen molar-refractivity contribution in [1.82, 2.24) is 9.21 Å². The van der Waals surface area contributed by atoms with Gasteiger partial charge in [0.05, 0.1) is 24.1 Å². The van der Waals surface area contributed by atoms with E-state index in [1.54, 1.807) is 13.8 Å². The van der Waals surface area contributed by atoms with Crippen LogP contribution in [-0.2, 0) is 27.7 Å². The fourth-order valence-corrected chi connectivity index (χ4v) is 6.43. The average molecular weight is 495 g/mol. The Morgan fingerprint density at radius 1 is 1.18 bits per heavy atom. The lowest BCUT2D eigenvalue weighted by atomic mass is 10.0. The number of rotatable bonds is 7. The molecular formula is C21H26N4O6S2. The van der Waals surface area contributed by atoms with Gasteiger partial charge < -0.3 is 20.7 Å². The SMILES string of the molecule is CCN(CC)S(=O)(=O)c1ccc(C(=O)Nc2sc3c(c2C(N)=O)CCN(C(=O)OC)C3)cc1. The Balaban J connectivity index is 1.84. The van der Waals surface area contributed by atoms with Crippen LogP contribution in [0, 0.1) is 0 Å². The summed E-state index contributed by atoms with van der Waals surface area (Å²) in [5, 5.41) is 3.01. The number of nitrogens with two attached hydrogens (primary N) is 1. The highest BCUT2D eigenvalue weighted by Crippen LogP contribution is 2.37. The van der Waals surface area contributed by atoms with Gasteiger partial charge in [-0.1, -0.05) is 13.8 Å². The molecule has 178 valence electrons. The van der Waals surface area contributed by atoms with Gasteiger partial charge in [-0.15, -0.1) is 11.3 Å². The van der Waals surface area contributed by atoms with Crippen molar-refractivity contribution in [2.24, 2.45) is 5.73 Å². The van der Waals surface area contributed by atoms with E-state index in [-0.39, 0.29) is 22.6 Å². The first-order valence-corrected chi connectivity index (χ1v) is 12.6. The highest BCUT2D eigenvalue weighted by molar-refractivity contribution is 7.89. The Labute approximate surface area is 196 Å². The zero-order valence-electron chi connectivity index (χ0n) is 18.6. The zero-order valence-corrected chi connectivity index (χ0v) is 20.2. The molecule has 10 nitrogen and oxygen atoms in total. The number of nitrogens with one attached hydrogen (secondary N) is 1. The molecule has 0 fully saturated rings. The number of fused-ring (bicyclic) bond motifs is 1. The Kier molecular flexibility index (Phi) is 7.40. The molecule has 33 heavy (non-hydrogen) atoms. The number of primary amides is 1. The van der Waals surface area contributed by atoms with E-state index in [0.29, 0.717) is 36.6 Å². The van der Waals surface area contributed by atoms with E-state index in [0.717, 1.165) is 4.88 Å². The second kappa shape index (κ2) is 9.89. The predicted molar refractivity (Wildman–Crippen MR) is 124 cm³/mol. The molecule has 2 heterocycles. The number of ether oxygens (including phenoxy) is 1. The minimum absolute atomic E-state index is 0.0927. The minimum Gasteiger partial charge on any atom is -0.453 e. The van der Waals surface area contributed by atoms with Crippen molar-refractivity contribution in [3.63, 3.8) is 0 Å². The van der Waals surface area contributed by atoms with Crippen molar-refractivity contribution < 1.29 is 27.5 Å². The topological polar surface area (TPSA) is 139 Å². The van der Waals surface area contributed by atoms with Gasteiger partial charge in [-0.3, -0.25) is 9.59 Å². The molecule has 0 unspecified atom stereocenters. The van der Waals surface area contributed by atoms with Crippen LogP contribution in [0.2, 0.25) is 0 Å². The van der Waals surface area contributed by atoms with Crippen LogP contribution in [-0.4, -0.2) is 62.3 Å². The number of carbonyl (C=O) groups excluding carboxylic acids is 3. The Morgan fingerprint density at radius 2 is 1.82 bits per heavy atom. The second-order valence-electron chi connectivity index (χ2n) is 7.28. The van der Waals surface area contributed by atoms with E-state index in [4.69, 9.17) is 10.5 Å². The lowest BCUT2D eigenvalue weighted by molar-refractivity contribution is 0.0999. The second-order valence-corrected chi connectivity index (χ2v) is 10.3. The Morgan fingerprint density at radius 3 is 2.36 bits per heavy atom. The molecule has 0 saturated carbocycles. The number of sulfonamides is 1. The van der Waals surface area contributed by atoms with Crippen LogP contribution >= 0.6 is 11.3 Å². The van der Waals surface area contributed by atoms with Crippen molar-refractivity contribution in [3.8, 4) is 0 Å². The quantitative estimate of drug-likeness (QED) is 0.605. The zero-order chi connectivity index (χ0) is 24.3. The summed E-state index contributed by atoms with van der Waals surface area (Å²) in [7, 11) is -2.34. The number of hydrogen-bond donors (Lipinski definition) is 2. The van der Waals surface area contributed by atoms with Gasteiger partial charge in [0, 0.05) is 30.1 Å². The average Bonchev–Trinajstić information content (AvgIpc) is 3.16. The van der Waals surface area contributed by atoms with Gasteiger partial charge in [-0.05, 0) is 36.2 Å². The molecule has 2 aromatic rings. The third kappa shape index (κ3) is 4.87. The van der Waals surface area contributed by atoms with E-state index in [1.807, 2.05) is 0 Å². The van der Waals surface area contributed by atoms with E-state index in [2.05, 4.69) is 5.32 Å². The molecular weight excluding hydrogens is 468 g/mol. The molecule has 0 atom stereocenters. The van der Waals surface area contributed by atoms with Gasteiger partial charge in [0.1, 0.15) is 5.00 Å². The van der Waals surface area contributed by atoms with Gasteiger partial charge in [-0.2, -0.15) is 4.31 Å². The summed E-state index contributed by atoms with van der Waals surface area (Å²) in [4.78, 5) is 39.1. The number of amides is 3. The molecule has 1 aliphatic rings. The fourth-order valence-electron chi connectivity index (χ4n) is 3.70. The smallest absolute Gasteiger partial charge is 0.409 e. The molecule has 3 amide bonds. The highest BCUT2D eigenvalue weighted by atomic mass is 32.2. The number of thiophene rings is 1. The number of methoxy groups -OCH3 is 1. The highest BCUT2D eigenvalue weighted by Gasteiger charge is 2.30. The Hall–Kier alpha value is -2.96. The van der Waals surface area contributed by atoms with Crippen LogP contribution in [0.3, 0.4) is 0 Å². The minimum atomic E-state index is -3.64. The van der Waals surface area contributed by atoms with Crippen molar-refractivity contribution in [3.05, 3.63) is 45.8 Å². The van der Waals surface area contributed by atoms with Gasteiger partial charge in [0.2, 0.25) is 10.0 Å². The van der Waals surface area contributed by atoms with Crippen molar-refractivity contribution >= 4 is 44.3 Å². The van der Waals surface area contributed by atoms with E-state index in [1.165, 1.54) is 51.9 Å². The number of nitrogens with zero attached hydrogens (tertiary/aromatic N) is 2. The summed E-state index contributed by atoms with van der Waals surface area (Å²) in [6, 6.07) is 5.60. The molecule has 1 aliphatic heterocycles. The number of hydrogen-bond acceptors (Lipinski definition) is 7.